The number of carbonyl (C=O) groups excluding carboxylic acids is 1. The van der Waals surface area contributed by atoms with Crippen LogP contribution in [0.15, 0.2) is 35.2 Å². The Hall–Kier alpha value is -2.14. The van der Waals surface area contributed by atoms with E-state index < -0.39 is 61.8 Å². The van der Waals surface area contributed by atoms with Gasteiger partial charge in [0.25, 0.3) is 5.91 Å². The van der Waals surface area contributed by atoms with Crippen LogP contribution in [-0.2, 0) is 9.84 Å². The minimum absolute atomic E-state index is 0.101. The van der Waals surface area contributed by atoms with Crippen molar-refractivity contribution < 1.29 is 36.6 Å². The topological polar surface area (TPSA) is 104 Å². The molecule has 0 saturated heterocycles. The SMILES string of the molecule is CCC1C[C@@H](S(=O)(=O)c2cc(C(=O)Nc3cc(F)c(F)c(F)c3)ccc2Cl)C[C@H](C)[C@@]1(O)C(C)CO. The molecule has 1 fully saturated rings. The van der Waals surface area contributed by atoms with Crippen LogP contribution in [-0.4, -0.2) is 42.0 Å². The van der Waals surface area contributed by atoms with E-state index in [1.165, 1.54) is 12.1 Å². The van der Waals surface area contributed by atoms with E-state index in [-0.39, 0.29) is 40.6 Å². The predicted octanol–water partition coefficient (Wildman–Crippen LogP) is 4.97. The van der Waals surface area contributed by atoms with Gasteiger partial charge in [-0.25, -0.2) is 21.6 Å². The minimum atomic E-state index is -4.05. The van der Waals surface area contributed by atoms with Gasteiger partial charge in [-0.05, 0) is 42.9 Å². The third-order valence-corrected chi connectivity index (χ3v) is 10.00. The molecule has 36 heavy (non-hydrogen) atoms. The Morgan fingerprint density at radius 3 is 2.36 bits per heavy atom. The van der Waals surface area contributed by atoms with E-state index in [4.69, 9.17) is 11.6 Å². The zero-order valence-electron chi connectivity index (χ0n) is 20.1. The number of carbonyl (C=O) groups is 1. The number of sulfone groups is 1. The first-order valence-electron chi connectivity index (χ1n) is 11.6. The number of anilines is 1. The molecule has 0 heterocycles. The molecule has 1 amide bonds. The van der Waals surface area contributed by atoms with Crippen molar-refractivity contribution in [3.63, 3.8) is 0 Å². The molecule has 1 saturated carbocycles. The van der Waals surface area contributed by atoms with Crippen LogP contribution in [0.1, 0.15) is 50.4 Å². The average Bonchev–Trinajstić information content (AvgIpc) is 2.83. The largest absolute Gasteiger partial charge is 0.396 e. The zero-order chi connectivity index (χ0) is 27.0. The van der Waals surface area contributed by atoms with Gasteiger partial charge in [0.2, 0.25) is 0 Å². The van der Waals surface area contributed by atoms with Crippen molar-refractivity contribution in [3.05, 3.63) is 58.4 Å². The Bertz CT molecular complexity index is 1240. The van der Waals surface area contributed by atoms with Crippen LogP contribution in [0.2, 0.25) is 5.02 Å². The molecule has 3 rings (SSSR count). The van der Waals surface area contributed by atoms with Gasteiger partial charge in [-0.2, -0.15) is 0 Å². The van der Waals surface area contributed by atoms with Crippen LogP contribution in [0.4, 0.5) is 18.9 Å². The molecule has 0 aromatic heterocycles. The molecule has 3 N–H and O–H groups in total. The number of rotatable bonds is 7. The summed E-state index contributed by atoms with van der Waals surface area (Å²) in [5, 5.41) is 22.3. The summed E-state index contributed by atoms with van der Waals surface area (Å²) in [5.41, 5.74) is -1.72. The first-order valence-corrected chi connectivity index (χ1v) is 13.5. The maximum Gasteiger partial charge on any atom is 0.255 e. The fourth-order valence-electron chi connectivity index (χ4n) is 5.24. The Labute approximate surface area is 213 Å². The molecule has 0 spiro atoms. The van der Waals surface area contributed by atoms with Gasteiger partial charge in [-0.3, -0.25) is 4.79 Å². The highest BCUT2D eigenvalue weighted by atomic mass is 35.5. The fourth-order valence-corrected chi connectivity index (χ4v) is 7.70. The summed E-state index contributed by atoms with van der Waals surface area (Å²) in [6, 6.07) is 4.79. The molecule has 0 aliphatic heterocycles. The molecule has 0 bridgehead atoms. The van der Waals surface area contributed by atoms with E-state index in [1.807, 2.05) is 6.92 Å². The maximum atomic E-state index is 13.6. The summed E-state index contributed by atoms with van der Waals surface area (Å²) < 4.78 is 67.5. The number of halogens is 4. The van der Waals surface area contributed by atoms with Gasteiger partial charge >= 0.3 is 0 Å². The van der Waals surface area contributed by atoms with Gasteiger partial charge in [0.05, 0.1) is 20.8 Å². The Kier molecular flexibility index (Phi) is 8.44. The van der Waals surface area contributed by atoms with Crippen molar-refractivity contribution >= 4 is 33.0 Å². The van der Waals surface area contributed by atoms with E-state index in [0.29, 0.717) is 18.6 Å². The number of nitrogens with one attached hydrogen (secondary N) is 1. The summed E-state index contributed by atoms with van der Waals surface area (Å²) in [6.45, 7) is 5.09. The van der Waals surface area contributed by atoms with Crippen molar-refractivity contribution in [2.45, 2.75) is 55.8 Å². The maximum absolute atomic E-state index is 13.6. The molecular weight excluding hydrogens is 519 g/mol. The number of hydrogen-bond acceptors (Lipinski definition) is 5. The molecule has 2 aromatic carbocycles. The molecule has 5 atom stereocenters. The second-order valence-electron chi connectivity index (χ2n) is 9.47. The first kappa shape index (κ1) is 28.4. The molecule has 1 aliphatic rings. The van der Waals surface area contributed by atoms with Gasteiger partial charge in [-0.15, -0.1) is 0 Å². The van der Waals surface area contributed by atoms with Crippen molar-refractivity contribution in [1.29, 1.82) is 0 Å². The van der Waals surface area contributed by atoms with Crippen LogP contribution in [0, 0.1) is 35.2 Å². The normalized spacial score (nSPS) is 25.4. The number of aliphatic hydroxyl groups excluding tert-OH is 1. The standard InChI is InChI=1S/C25H29ClF3NO5S/c1-4-16-9-18(7-13(2)25(16,33)14(3)12-31)36(34,35)22-8-15(5-6-19(22)26)24(32)30-17-10-20(27)23(29)21(28)11-17/h5-6,8,10-11,13-14,16,18,31,33H,4,7,9,12H2,1-3H3,(H,30,32)/t13-,14?,16?,18-,25+/m0/s1. The van der Waals surface area contributed by atoms with Gasteiger partial charge in [0, 0.05) is 35.9 Å². The lowest BCUT2D eigenvalue weighted by Crippen LogP contribution is -2.56. The minimum Gasteiger partial charge on any atom is -0.396 e. The molecule has 0 radical (unpaired) electrons. The molecule has 11 heteroatoms. The van der Waals surface area contributed by atoms with E-state index in [9.17, 15) is 36.6 Å². The molecule has 1 aliphatic carbocycles. The molecule has 198 valence electrons. The Morgan fingerprint density at radius 1 is 1.19 bits per heavy atom. The van der Waals surface area contributed by atoms with Crippen LogP contribution in [0.5, 0.6) is 0 Å². The Morgan fingerprint density at radius 2 is 1.81 bits per heavy atom. The third kappa shape index (κ3) is 5.14. The van der Waals surface area contributed by atoms with Gasteiger partial charge < -0.3 is 15.5 Å². The summed E-state index contributed by atoms with van der Waals surface area (Å²) in [7, 11) is -4.05. The first-order chi connectivity index (χ1) is 16.8. The lowest BCUT2D eigenvalue weighted by Gasteiger charge is -2.50. The average molecular weight is 548 g/mol. The van der Waals surface area contributed by atoms with Crippen LogP contribution in [0.3, 0.4) is 0 Å². The highest BCUT2D eigenvalue weighted by Crippen LogP contribution is 2.47. The van der Waals surface area contributed by atoms with Crippen LogP contribution >= 0.6 is 11.6 Å². The van der Waals surface area contributed by atoms with Gasteiger partial charge in [0.1, 0.15) is 0 Å². The lowest BCUT2D eigenvalue weighted by molar-refractivity contribution is -0.137. The highest BCUT2D eigenvalue weighted by molar-refractivity contribution is 7.92. The van der Waals surface area contributed by atoms with E-state index in [2.05, 4.69) is 5.32 Å². The monoisotopic (exact) mass is 547 g/mol. The van der Waals surface area contributed by atoms with E-state index >= 15 is 0 Å². The second-order valence-corrected chi connectivity index (χ2v) is 12.1. The number of aliphatic hydroxyl groups is 2. The van der Waals surface area contributed by atoms with Gasteiger partial charge in [0.15, 0.2) is 27.3 Å². The third-order valence-electron chi connectivity index (χ3n) is 7.34. The fraction of sp³-hybridized carbons (Fsp3) is 0.480. The Balaban J connectivity index is 1.92. The van der Waals surface area contributed by atoms with Crippen molar-refractivity contribution in [2.75, 3.05) is 11.9 Å². The van der Waals surface area contributed by atoms with Crippen molar-refractivity contribution in [2.24, 2.45) is 17.8 Å². The zero-order valence-corrected chi connectivity index (χ0v) is 21.6. The quantitative estimate of drug-likeness (QED) is 0.425. The van der Waals surface area contributed by atoms with Crippen molar-refractivity contribution in [1.82, 2.24) is 0 Å². The predicted molar refractivity (Wildman–Crippen MR) is 130 cm³/mol. The molecule has 2 aromatic rings. The number of hydrogen-bond donors (Lipinski definition) is 3. The van der Waals surface area contributed by atoms with Crippen LogP contribution in [0.25, 0.3) is 0 Å². The van der Waals surface area contributed by atoms with Crippen molar-refractivity contribution in [3.8, 4) is 0 Å². The second kappa shape index (κ2) is 10.7. The van der Waals surface area contributed by atoms with E-state index in [1.54, 1.807) is 13.8 Å². The summed E-state index contributed by atoms with van der Waals surface area (Å²) in [6.07, 6.45) is 0.767. The molecule has 6 nitrogen and oxygen atoms in total. The summed E-state index contributed by atoms with van der Waals surface area (Å²) >= 11 is 6.23. The number of amides is 1. The molecule has 2 unspecified atom stereocenters. The lowest BCUT2D eigenvalue weighted by atomic mass is 9.62. The van der Waals surface area contributed by atoms with Crippen LogP contribution < -0.4 is 5.32 Å². The molecular formula is C25H29ClF3NO5S. The summed E-state index contributed by atoms with van der Waals surface area (Å²) in [4.78, 5) is 12.4. The van der Waals surface area contributed by atoms with Gasteiger partial charge in [-0.1, -0.05) is 38.8 Å². The summed E-state index contributed by atoms with van der Waals surface area (Å²) in [5.74, 6) is -6.81. The van der Waals surface area contributed by atoms with E-state index in [0.717, 1.165) is 6.07 Å². The smallest absolute Gasteiger partial charge is 0.255 e. The highest BCUT2D eigenvalue weighted by Gasteiger charge is 2.52. The number of benzene rings is 2.